The molecule has 0 unspecified atom stereocenters. The van der Waals surface area contributed by atoms with Crippen LogP contribution in [0, 0.1) is 6.92 Å². The van der Waals surface area contributed by atoms with Crippen molar-refractivity contribution >= 4 is 16.7 Å². The number of benzene rings is 2. The monoisotopic (exact) mass is 214 g/mol. The van der Waals surface area contributed by atoms with Gasteiger partial charge >= 0.3 is 5.97 Å². The van der Waals surface area contributed by atoms with Crippen molar-refractivity contribution < 1.29 is 9.90 Å². The highest BCUT2D eigenvalue weighted by molar-refractivity contribution is 5.92. The molecular formula is C14H14O2. The zero-order chi connectivity index (χ0) is 11.7. The minimum Gasteiger partial charge on any atom is -0.481 e. The van der Waals surface area contributed by atoms with Crippen LogP contribution in [0.4, 0.5) is 0 Å². The molecule has 0 saturated carbocycles. The molecule has 82 valence electrons. The van der Waals surface area contributed by atoms with Crippen LogP contribution < -0.4 is 0 Å². The van der Waals surface area contributed by atoms with E-state index in [2.05, 4.69) is 0 Å². The average molecular weight is 214 g/mol. The van der Waals surface area contributed by atoms with E-state index >= 15 is 0 Å². The quantitative estimate of drug-likeness (QED) is 0.832. The maximum atomic E-state index is 11.0. The van der Waals surface area contributed by atoms with Gasteiger partial charge in [-0.2, -0.15) is 0 Å². The van der Waals surface area contributed by atoms with E-state index in [9.17, 15) is 4.79 Å². The molecule has 2 nitrogen and oxygen atoms in total. The number of carboxylic acid groups (broad SMARTS) is 1. The average Bonchev–Trinajstić information content (AvgIpc) is 2.29. The number of carboxylic acids is 1. The second-order valence-corrected chi connectivity index (χ2v) is 4.08. The van der Waals surface area contributed by atoms with Crippen molar-refractivity contribution in [3.05, 3.63) is 47.5 Å². The van der Waals surface area contributed by atoms with Crippen LogP contribution in [-0.2, 0) is 4.79 Å². The summed E-state index contributed by atoms with van der Waals surface area (Å²) >= 11 is 0. The van der Waals surface area contributed by atoms with Crippen LogP contribution >= 0.6 is 0 Å². The smallest absolute Gasteiger partial charge is 0.310 e. The van der Waals surface area contributed by atoms with Gasteiger partial charge in [-0.1, -0.05) is 36.4 Å². The van der Waals surface area contributed by atoms with Gasteiger partial charge in [-0.3, -0.25) is 4.79 Å². The largest absolute Gasteiger partial charge is 0.481 e. The van der Waals surface area contributed by atoms with Gasteiger partial charge in [-0.05, 0) is 35.7 Å². The molecule has 0 amide bonds. The van der Waals surface area contributed by atoms with E-state index in [1.807, 2.05) is 43.3 Å². The lowest BCUT2D eigenvalue weighted by Crippen LogP contribution is -2.08. The van der Waals surface area contributed by atoms with E-state index in [1.165, 1.54) is 5.56 Å². The first-order valence-electron chi connectivity index (χ1n) is 5.32. The van der Waals surface area contributed by atoms with Gasteiger partial charge in [-0.15, -0.1) is 0 Å². The Morgan fingerprint density at radius 3 is 2.38 bits per heavy atom. The van der Waals surface area contributed by atoms with E-state index < -0.39 is 11.9 Å². The molecule has 0 aliphatic heterocycles. The molecule has 0 saturated heterocycles. The highest BCUT2D eigenvalue weighted by Crippen LogP contribution is 2.27. The fourth-order valence-electron chi connectivity index (χ4n) is 1.98. The summed E-state index contributed by atoms with van der Waals surface area (Å²) in [5, 5.41) is 11.2. The van der Waals surface area contributed by atoms with Crippen LogP contribution in [0.25, 0.3) is 10.8 Å². The number of carbonyl (C=O) groups is 1. The van der Waals surface area contributed by atoms with Crippen LogP contribution in [-0.4, -0.2) is 11.1 Å². The highest BCUT2D eigenvalue weighted by atomic mass is 16.4. The van der Waals surface area contributed by atoms with Gasteiger partial charge in [0.25, 0.3) is 0 Å². The lowest BCUT2D eigenvalue weighted by atomic mass is 9.93. The van der Waals surface area contributed by atoms with Crippen molar-refractivity contribution in [2.45, 2.75) is 19.8 Å². The summed E-state index contributed by atoms with van der Waals surface area (Å²) < 4.78 is 0. The number of hydrogen-bond donors (Lipinski definition) is 1. The SMILES string of the molecule is Cc1ccc([C@@H](C)C(=O)O)c2ccccc12. The molecule has 0 radical (unpaired) electrons. The Morgan fingerprint density at radius 1 is 1.12 bits per heavy atom. The molecule has 2 aromatic carbocycles. The van der Waals surface area contributed by atoms with Crippen LogP contribution in [0.5, 0.6) is 0 Å². The first kappa shape index (κ1) is 10.7. The summed E-state index contributed by atoms with van der Waals surface area (Å²) in [5.74, 6) is -1.25. The molecule has 1 N–H and O–H groups in total. The summed E-state index contributed by atoms with van der Waals surface area (Å²) in [6.07, 6.45) is 0. The lowest BCUT2D eigenvalue weighted by Gasteiger charge is -2.12. The molecule has 0 aromatic heterocycles. The van der Waals surface area contributed by atoms with Gasteiger partial charge in [0.2, 0.25) is 0 Å². The number of hydrogen-bond acceptors (Lipinski definition) is 1. The molecule has 0 aliphatic rings. The second kappa shape index (κ2) is 3.97. The summed E-state index contributed by atoms with van der Waals surface area (Å²) in [4.78, 5) is 11.0. The van der Waals surface area contributed by atoms with Crippen molar-refractivity contribution in [2.75, 3.05) is 0 Å². The normalized spacial score (nSPS) is 12.6. The lowest BCUT2D eigenvalue weighted by molar-refractivity contribution is -0.138. The van der Waals surface area contributed by atoms with Crippen molar-refractivity contribution in [3.8, 4) is 0 Å². The van der Waals surface area contributed by atoms with E-state index in [1.54, 1.807) is 6.92 Å². The van der Waals surface area contributed by atoms with Crippen molar-refractivity contribution in [2.24, 2.45) is 0 Å². The van der Waals surface area contributed by atoms with E-state index in [4.69, 9.17) is 5.11 Å². The van der Waals surface area contributed by atoms with E-state index in [0.717, 1.165) is 16.3 Å². The minimum atomic E-state index is -0.783. The van der Waals surface area contributed by atoms with Crippen LogP contribution in [0.1, 0.15) is 24.0 Å². The fraction of sp³-hybridized carbons (Fsp3) is 0.214. The Kier molecular flexibility index (Phi) is 2.65. The first-order chi connectivity index (χ1) is 7.61. The molecule has 1 atom stereocenters. The Balaban J connectivity index is 2.72. The van der Waals surface area contributed by atoms with Gasteiger partial charge in [0, 0.05) is 0 Å². The molecule has 2 heteroatoms. The van der Waals surface area contributed by atoms with Crippen LogP contribution in [0.15, 0.2) is 36.4 Å². The van der Waals surface area contributed by atoms with Crippen LogP contribution in [0.2, 0.25) is 0 Å². The topological polar surface area (TPSA) is 37.3 Å². The summed E-state index contributed by atoms with van der Waals surface area (Å²) in [6, 6.07) is 11.8. The number of rotatable bonds is 2. The molecule has 0 heterocycles. The Bertz CT molecular complexity index is 543. The molecule has 0 aliphatic carbocycles. The van der Waals surface area contributed by atoms with Crippen molar-refractivity contribution in [3.63, 3.8) is 0 Å². The van der Waals surface area contributed by atoms with Gasteiger partial charge < -0.3 is 5.11 Å². The van der Waals surface area contributed by atoms with E-state index in [0.29, 0.717) is 0 Å². The Hall–Kier alpha value is -1.83. The standard InChI is InChI=1S/C14H14O2/c1-9-7-8-12(10(2)14(15)16)13-6-4-3-5-11(9)13/h3-8,10H,1-2H3,(H,15,16)/t10-/m1/s1. The van der Waals surface area contributed by atoms with Crippen molar-refractivity contribution in [1.82, 2.24) is 0 Å². The summed E-state index contributed by atoms with van der Waals surface area (Å²) in [6.45, 7) is 3.76. The molecule has 0 fully saturated rings. The van der Waals surface area contributed by atoms with Crippen molar-refractivity contribution in [1.29, 1.82) is 0 Å². The summed E-state index contributed by atoms with van der Waals surface area (Å²) in [7, 11) is 0. The zero-order valence-corrected chi connectivity index (χ0v) is 9.40. The van der Waals surface area contributed by atoms with Gasteiger partial charge in [-0.25, -0.2) is 0 Å². The van der Waals surface area contributed by atoms with Crippen LogP contribution in [0.3, 0.4) is 0 Å². The maximum Gasteiger partial charge on any atom is 0.310 e. The van der Waals surface area contributed by atoms with Gasteiger partial charge in [0.05, 0.1) is 5.92 Å². The Labute approximate surface area is 94.5 Å². The third-order valence-corrected chi connectivity index (χ3v) is 3.01. The molecule has 0 bridgehead atoms. The van der Waals surface area contributed by atoms with Gasteiger partial charge in [0.15, 0.2) is 0 Å². The molecule has 16 heavy (non-hydrogen) atoms. The molecule has 0 spiro atoms. The summed E-state index contributed by atoms with van der Waals surface area (Å²) in [5.41, 5.74) is 2.06. The maximum absolute atomic E-state index is 11.0. The number of fused-ring (bicyclic) bond motifs is 1. The van der Waals surface area contributed by atoms with E-state index in [-0.39, 0.29) is 0 Å². The number of aryl methyl sites for hydroxylation is 1. The Morgan fingerprint density at radius 2 is 1.75 bits per heavy atom. The third-order valence-electron chi connectivity index (χ3n) is 3.01. The highest BCUT2D eigenvalue weighted by Gasteiger charge is 2.16. The first-order valence-corrected chi connectivity index (χ1v) is 5.32. The number of aliphatic carboxylic acids is 1. The molecular weight excluding hydrogens is 200 g/mol. The predicted molar refractivity (Wildman–Crippen MR) is 64.7 cm³/mol. The fourth-order valence-corrected chi connectivity index (χ4v) is 1.98. The minimum absolute atomic E-state index is 0.467. The molecule has 2 rings (SSSR count). The van der Waals surface area contributed by atoms with Gasteiger partial charge in [0.1, 0.15) is 0 Å². The molecule has 2 aromatic rings. The zero-order valence-electron chi connectivity index (χ0n) is 9.40. The second-order valence-electron chi connectivity index (χ2n) is 4.08. The predicted octanol–water partition coefficient (Wildman–Crippen LogP) is 3.34. The third kappa shape index (κ3) is 1.67.